The number of hydrogen-bond acceptors (Lipinski definition) is 3. The van der Waals surface area contributed by atoms with Gasteiger partial charge in [-0.1, -0.05) is 22.0 Å². The molecule has 0 aliphatic heterocycles. The van der Waals surface area contributed by atoms with Crippen LogP contribution >= 0.6 is 15.9 Å². The Morgan fingerprint density at radius 1 is 1.38 bits per heavy atom. The van der Waals surface area contributed by atoms with E-state index in [1.165, 1.54) is 18.7 Å². The molecule has 6 nitrogen and oxygen atoms in total. The highest BCUT2D eigenvalue weighted by Gasteiger charge is 2.26. The van der Waals surface area contributed by atoms with Crippen LogP contribution < -0.4 is 5.32 Å². The number of hydrogen-bond donors (Lipinski definition) is 2. The molecular weight excluding hydrogens is 340 g/mol. The lowest BCUT2D eigenvalue weighted by Gasteiger charge is -2.26. The minimum Gasteiger partial charge on any atom is -0.480 e. The summed E-state index contributed by atoms with van der Waals surface area (Å²) in [6, 6.07) is 5.74. The summed E-state index contributed by atoms with van der Waals surface area (Å²) in [5, 5.41) is 11.7. The van der Waals surface area contributed by atoms with Crippen molar-refractivity contribution in [2.75, 3.05) is 13.1 Å². The van der Waals surface area contributed by atoms with E-state index in [2.05, 4.69) is 21.2 Å². The van der Waals surface area contributed by atoms with Gasteiger partial charge in [-0.05, 0) is 25.1 Å². The number of amides is 2. The summed E-state index contributed by atoms with van der Waals surface area (Å²) in [5.41, 5.74) is 0.389. The molecular formula is C14H17BrN2O4. The molecule has 0 spiro atoms. The number of benzene rings is 1. The van der Waals surface area contributed by atoms with Gasteiger partial charge in [0, 0.05) is 30.0 Å². The van der Waals surface area contributed by atoms with Crippen LogP contribution in [0.5, 0.6) is 0 Å². The number of nitrogens with zero attached hydrogens (tertiary/aromatic N) is 1. The summed E-state index contributed by atoms with van der Waals surface area (Å²) >= 11 is 3.27. The Balaban J connectivity index is 2.91. The molecule has 0 saturated heterocycles. The Morgan fingerprint density at radius 3 is 2.57 bits per heavy atom. The number of nitrogens with one attached hydrogen (secondary N) is 1. The number of carbonyl (C=O) groups excluding carboxylic acids is 2. The number of carboxylic acids is 1. The number of carbonyl (C=O) groups is 3. The molecule has 1 rings (SSSR count). The van der Waals surface area contributed by atoms with E-state index in [-0.39, 0.29) is 19.0 Å². The van der Waals surface area contributed by atoms with E-state index in [0.29, 0.717) is 5.56 Å². The molecule has 1 unspecified atom stereocenters. The van der Waals surface area contributed by atoms with E-state index < -0.39 is 17.9 Å². The molecule has 1 aromatic carbocycles. The molecule has 114 valence electrons. The van der Waals surface area contributed by atoms with E-state index in [4.69, 9.17) is 5.11 Å². The maximum Gasteiger partial charge on any atom is 0.326 e. The molecule has 2 amide bonds. The van der Waals surface area contributed by atoms with Crippen molar-refractivity contribution in [3.8, 4) is 0 Å². The summed E-state index contributed by atoms with van der Waals surface area (Å²) in [5.74, 6) is -1.72. The number of rotatable bonds is 6. The quantitative estimate of drug-likeness (QED) is 0.808. The van der Waals surface area contributed by atoms with E-state index >= 15 is 0 Å². The van der Waals surface area contributed by atoms with Crippen LogP contribution in [0.1, 0.15) is 24.2 Å². The summed E-state index contributed by atoms with van der Waals surface area (Å²) in [6.07, 6.45) is 0. The predicted octanol–water partition coefficient (Wildman–Crippen LogP) is 1.50. The van der Waals surface area contributed by atoms with E-state index in [9.17, 15) is 14.4 Å². The Morgan fingerprint density at radius 2 is 2.05 bits per heavy atom. The van der Waals surface area contributed by atoms with Gasteiger partial charge in [-0.3, -0.25) is 9.59 Å². The standard InChI is InChI=1S/C14H17BrN2O4/c1-9(14(20)21)17(7-6-16-10(2)18)13(19)11-4-3-5-12(15)8-11/h3-5,8-9H,6-7H2,1-2H3,(H,16,18)(H,20,21). The van der Waals surface area contributed by atoms with Crippen LogP contribution in [0.4, 0.5) is 0 Å². The van der Waals surface area contributed by atoms with Crippen molar-refractivity contribution >= 4 is 33.7 Å². The highest BCUT2D eigenvalue weighted by atomic mass is 79.9. The summed E-state index contributed by atoms with van der Waals surface area (Å²) in [7, 11) is 0. The second-order valence-electron chi connectivity index (χ2n) is 4.51. The second kappa shape index (κ2) is 7.78. The van der Waals surface area contributed by atoms with Gasteiger partial charge in [0.2, 0.25) is 5.91 Å². The zero-order valence-electron chi connectivity index (χ0n) is 11.8. The van der Waals surface area contributed by atoms with Gasteiger partial charge in [-0.25, -0.2) is 4.79 Å². The molecule has 0 radical (unpaired) electrons. The smallest absolute Gasteiger partial charge is 0.326 e. The number of halogens is 1. The van der Waals surface area contributed by atoms with Crippen LogP contribution in [0, 0.1) is 0 Å². The molecule has 7 heteroatoms. The van der Waals surface area contributed by atoms with Crippen LogP contribution in [0.15, 0.2) is 28.7 Å². The third-order valence-corrected chi connectivity index (χ3v) is 3.38. The Kier molecular flexibility index (Phi) is 6.36. The SMILES string of the molecule is CC(=O)NCCN(C(=O)c1cccc(Br)c1)C(C)C(=O)O. The first-order chi connectivity index (χ1) is 9.82. The minimum atomic E-state index is -1.10. The molecule has 0 aromatic heterocycles. The maximum absolute atomic E-state index is 12.4. The summed E-state index contributed by atoms with van der Waals surface area (Å²) in [4.78, 5) is 35.7. The van der Waals surface area contributed by atoms with Crippen molar-refractivity contribution < 1.29 is 19.5 Å². The van der Waals surface area contributed by atoms with Crippen LogP contribution in [0.3, 0.4) is 0 Å². The molecule has 0 saturated carbocycles. The number of carboxylic acid groups (broad SMARTS) is 1. The molecule has 0 bridgehead atoms. The third-order valence-electron chi connectivity index (χ3n) is 2.88. The molecule has 2 N–H and O–H groups in total. The Hall–Kier alpha value is -1.89. The average Bonchev–Trinajstić information content (AvgIpc) is 2.42. The molecule has 0 aliphatic rings. The topological polar surface area (TPSA) is 86.7 Å². The fourth-order valence-electron chi connectivity index (χ4n) is 1.74. The van der Waals surface area contributed by atoms with Crippen molar-refractivity contribution in [3.05, 3.63) is 34.3 Å². The van der Waals surface area contributed by atoms with E-state index in [0.717, 1.165) is 4.47 Å². The minimum absolute atomic E-state index is 0.123. The largest absolute Gasteiger partial charge is 0.480 e. The lowest BCUT2D eigenvalue weighted by molar-refractivity contribution is -0.141. The van der Waals surface area contributed by atoms with Crippen molar-refractivity contribution in [2.45, 2.75) is 19.9 Å². The molecule has 1 aromatic rings. The molecule has 21 heavy (non-hydrogen) atoms. The van der Waals surface area contributed by atoms with Crippen molar-refractivity contribution in [1.82, 2.24) is 10.2 Å². The normalized spacial score (nSPS) is 11.6. The van der Waals surface area contributed by atoms with Crippen molar-refractivity contribution in [1.29, 1.82) is 0 Å². The zero-order chi connectivity index (χ0) is 16.0. The fourth-order valence-corrected chi connectivity index (χ4v) is 2.14. The molecule has 1 atom stereocenters. The zero-order valence-corrected chi connectivity index (χ0v) is 13.4. The molecule has 0 aliphatic carbocycles. The summed E-state index contributed by atoms with van der Waals surface area (Å²) < 4.78 is 0.734. The molecule has 0 heterocycles. The van der Waals surface area contributed by atoms with Gasteiger partial charge in [0.1, 0.15) is 6.04 Å². The van der Waals surface area contributed by atoms with Crippen LogP contribution in [-0.4, -0.2) is 46.9 Å². The predicted molar refractivity (Wildman–Crippen MR) is 81.0 cm³/mol. The first-order valence-corrected chi connectivity index (χ1v) is 7.16. The average molecular weight is 357 g/mol. The maximum atomic E-state index is 12.4. The highest BCUT2D eigenvalue weighted by molar-refractivity contribution is 9.10. The van der Waals surface area contributed by atoms with Gasteiger partial charge in [-0.15, -0.1) is 0 Å². The van der Waals surface area contributed by atoms with Gasteiger partial charge in [0.05, 0.1) is 0 Å². The monoisotopic (exact) mass is 356 g/mol. The second-order valence-corrected chi connectivity index (χ2v) is 5.42. The van der Waals surface area contributed by atoms with Crippen molar-refractivity contribution in [2.24, 2.45) is 0 Å². The lowest BCUT2D eigenvalue weighted by atomic mass is 10.1. The Labute approximate surface area is 131 Å². The van der Waals surface area contributed by atoms with Crippen molar-refractivity contribution in [3.63, 3.8) is 0 Å². The third kappa shape index (κ3) is 5.18. The fraction of sp³-hybridized carbons (Fsp3) is 0.357. The van der Waals surface area contributed by atoms with Gasteiger partial charge < -0.3 is 15.3 Å². The summed E-state index contributed by atoms with van der Waals surface area (Å²) in [6.45, 7) is 3.12. The van der Waals surface area contributed by atoms with Crippen LogP contribution in [0.2, 0.25) is 0 Å². The van der Waals surface area contributed by atoms with Gasteiger partial charge in [-0.2, -0.15) is 0 Å². The van der Waals surface area contributed by atoms with Gasteiger partial charge in [0.25, 0.3) is 5.91 Å². The number of aliphatic carboxylic acids is 1. The lowest BCUT2D eigenvalue weighted by Crippen LogP contribution is -2.46. The van der Waals surface area contributed by atoms with Gasteiger partial charge >= 0.3 is 5.97 Å². The molecule has 0 fully saturated rings. The van der Waals surface area contributed by atoms with E-state index in [1.807, 2.05) is 0 Å². The first-order valence-electron chi connectivity index (χ1n) is 6.36. The van der Waals surface area contributed by atoms with Crippen LogP contribution in [-0.2, 0) is 9.59 Å². The van der Waals surface area contributed by atoms with E-state index in [1.54, 1.807) is 24.3 Å². The first kappa shape index (κ1) is 17.2. The Bertz CT molecular complexity index is 548. The van der Waals surface area contributed by atoms with Gasteiger partial charge in [0.15, 0.2) is 0 Å². The van der Waals surface area contributed by atoms with Crippen LogP contribution in [0.25, 0.3) is 0 Å². The highest BCUT2D eigenvalue weighted by Crippen LogP contribution is 2.15.